The van der Waals surface area contributed by atoms with Crippen molar-refractivity contribution in [3.05, 3.63) is 105 Å². The number of ether oxygens (including phenoxy) is 1. The highest BCUT2D eigenvalue weighted by atomic mass is 35.5. The number of nitro groups is 1. The van der Waals surface area contributed by atoms with Gasteiger partial charge in [0.25, 0.3) is 5.69 Å². The molecule has 0 unspecified atom stereocenters. The molecular weight excluding hydrogens is 504 g/mol. The SMILES string of the molecule is C=CCc1cc(/C=C(\C#N)c2ccc([N+](=O)[O-])cc2)cc(OCC)c1OS(=O)(=O)c1ccc(Cl)cc1. The second-order valence-corrected chi connectivity index (χ2v) is 9.38. The summed E-state index contributed by atoms with van der Waals surface area (Å²) in [6, 6.07) is 16.5. The zero-order valence-corrected chi connectivity index (χ0v) is 20.8. The molecule has 3 aromatic rings. The Kier molecular flexibility index (Phi) is 8.48. The number of halogens is 1. The Bertz CT molecular complexity index is 1460. The number of nitro benzene ring substituents is 1. The van der Waals surface area contributed by atoms with Gasteiger partial charge in [-0.3, -0.25) is 10.1 Å². The summed E-state index contributed by atoms with van der Waals surface area (Å²) in [5, 5.41) is 21.0. The van der Waals surface area contributed by atoms with E-state index in [0.717, 1.165) is 0 Å². The summed E-state index contributed by atoms with van der Waals surface area (Å²) in [6.07, 6.45) is 3.42. The third-order valence-electron chi connectivity index (χ3n) is 4.93. The Hall–Kier alpha value is -4.13. The van der Waals surface area contributed by atoms with E-state index in [1.54, 1.807) is 31.2 Å². The van der Waals surface area contributed by atoms with Gasteiger partial charge in [-0.1, -0.05) is 17.7 Å². The van der Waals surface area contributed by atoms with E-state index in [4.69, 9.17) is 20.5 Å². The average Bonchev–Trinajstić information content (AvgIpc) is 2.85. The van der Waals surface area contributed by atoms with Crippen LogP contribution in [0.1, 0.15) is 23.6 Å². The largest absolute Gasteiger partial charge is 0.490 e. The molecule has 0 aliphatic heterocycles. The van der Waals surface area contributed by atoms with Crippen LogP contribution in [0.15, 0.2) is 78.2 Å². The Morgan fingerprint density at radius 3 is 2.39 bits per heavy atom. The highest BCUT2D eigenvalue weighted by Gasteiger charge is 2.23. The number of nitriles is 1. The third-order valence-corrected chi connectivity index (χ3v) is 6.42. The lowest BCUT2D eigenvalue weighted by Gasteiger charge is -2.16. The molecule has 0 spiro atoms. The molecule has 0 saturated heterocycles. The van der Waals surface area contributed by atoms with E-state index >= 15 is 0 Å². The highest BCUT2D eigenvalue weighted by Crippen LogP contribution is 2.37. The molecule has 3 rings (SSSR count). The number of rotatable bonds is 10. The van der Waals surface area contributed by atoms with Crippen molar-refractivity contribution in [2.75, 3.05) is 6.61 Å². The Morgan fingerprint density at radius 1 is 1.17 bits per heavy atom. The van der Waals surface area contributed by atoms with E-state index in [9.17, 15) is 23.8 Å². The van der Waals surface area contributed by atoms with Gasteiger partial charge in [0.2, 0.25) is 0 Å². The minimum absolute atomic E-state index is 0.0118. The predicted molar refractivity (Wildman–Crippen MR) is 137 cm³/mol. The normalized spacial score (nSPS) is 11.4. The van der Waals surface area contributed by atoms with Crippen LogP contribution in [-0.2, 0) is 16.5 Å². The molecule has 10 heteroatoms. The first kappa shape index (κ1) is 26.5. The van der Waals surface area contributed by atoms with Gasteiger partial charge in [-0.05, 0) is 79.1 Å². The summed E-state index contributed by atoms with van der Waals surface area (Å²) in [6.45, 7) is 5.70. The van der Waals surface area contributed by atoms with E-state index in [-0.39, 0.29) is 40.7 Å². The molecule has 0 aliphatic carbocycles. The van der Waals surface area contributed by atoms with Crippen molar-refractivity contribution in [1.82, 2.24) is 0 Å². The quantitative estimate of drug-likeness (QED) is 0.0772. The van der Waals surface area contributed by atoms with Crippen LogP contribution >= 0.6 is 11.6 Å². The van der Waals surface area contributed by atoms with Crippen LogP contribution in [0, 0.1) is 21.4 Å². The number of hydrogen-bond acceptors (Lipinski definition) is 7. The van der Waals surface area contributed by atoms with Crippen LogP contribution < -0.4 is 8.92 Å². The van der Waals surface area contributed by atoms with Gasteiger partial charge in [0, 0.05) is 22.7 Å². The summed E-state index contributed by atoms with van der Waals surface area (Å²) >= 11 is 5.87. The van der Waals surface area contributed by atoms with Crippen molar-refractivity contribution in [1.29, 1.82) is 5.26 Å². The van der Waals surface area contributed by atoms with Crippen LogP contribution in [0.2, 0.25) is 5.02 Å². The second kappa shape index (κ2) is 11.5. The number of allylic oxidation sites excluding steroid dienone is 2. The molecule has 0 aromatic heterocycles. The minimum atomic E-state index is -4.20. The van der Waals surface area contributed by atoms with E-state index in [1.165, 1.54) is 48.5 Å². The van der Waals surface area contributed by atoms with Crippen molar-refractivity contribution < 1.29 is 22.3 Å². The smallest absolute Gasteiger partial charge is 0.339 e. The molecule has 0 N–H and O–H groups in total. The monoisotopic (exact) mass is 524 g/mol. The predicted octanol–water partition coefficient (Wildman–Crippen LogP) is 6.21. The molecule has 0 atom stereocenters. The molecule has 0 radical (unpaired) electrons. The average molecular weight is 525 g/mol. The summed E-state index contributed by atoms with van der Waals surface area (Å²) < 4.78 is 37.1. The summed E-state index contributed by atoms with van der Waals surface area (Å²) in [5.41, 5.74) is 1.66. The van der Waals surface area contributed by atoms with Crippen LogP contribution in [0.4, 0.5) is 5.69 Å². The first-order valence-corrected chi connectivity index (χ1v) is 12.4. The standard InChI is InChI=1S/C26H21ClN2O6S/c1-3-5-20-14-18(15-21(17-28)19-6-10-23(11-7-19)29(30)31)16-25(34-4-2)26(20)35-36(32,33)24-12-8-22(27)9-13-24/h3,6-16H,1,4-5H2,2H3/b21-15+. The molecule has 36 heavy (non-hydrogen) atoms. The third kappa shape index (κ3) is 6.30. The lowest BCUT2D eigenvalue weighted by Crippen LogP contribution is -2.12. The van der Waals surface area contributed by atoms with Crippen LogP contribution in [0.25, 0.3) is 11.6 Å². The maximum Gasteiger partial charge on any atom is 0.339 e. The number of nitrogens with zero attached hydrogens (tertiary/aromatic N) is 2. The molecule has 0 heterocycles. The lowest BCUT2D eigenvalue weighted by molar-refractivity contribution is -0.384. The van der Waals surface area contributed by atoms with Crippen LogP contribution in [-0.4, -0.2) is 19.9 Å². The maximum absolute atomic E-state index is 12.9. The van der Waals surface area contributed by atoms with Crippen molar-refractivity contribution in [2.45, 2.75) is 18.2 Å². The van der Waals surface area contributed by atoms with Crippen molar-refractivity contribution in [2.24, 2.45) is 0 Å². The first-order chi connectivity index (χ1) is 17.2. The Balaban J connectivity index is 2.09. The molecule has 0 fully saturated rings. The van der Waals surface area contributed by atoms with Gasteiger partial charge in [-0.15, -0.1) is 6.58 Å². The van der Waals surface area contributed by atoms with Crippen molar-refractivity contribution in [3.63, 3.8) is 0 Å². The topological polar surface area (TPSA) is 120 Å². The fourth-order valence-corrected chi connectivity index (χ4v) is 4.40. The Labute approximate surface area is 213 Å². The van der Waals surface area contributed by atoms with Gasteiger partial charge in [-0.25, -0.2) is 0 Å². The van der Waals surface area contributed by atoms with Gasteiger partial charge in [-0.2, -0.15) is 13.7 Å². The van der Waals surface area contributed by atoms with Crippen molar-refractivity contribution in [3.8, 4) is 17.6 Å². The van der Waals surface area contributed by atoms with Crippen LogP contribution in [0.5, 0.6) is 11.5 Å². The first-order valence-electron chi connectivity index (χ1n) is 10.7. The zero-order valence-electron chi connectivity index (χ0n) is 19.2. The molecule has 0 saturated carbocycles. The van der Waals surface area contributed by atoms with E-state index in [2.05, 4.69) is 12.6 Å². The fourth-order valence-electron chi connectivity index (χ4n) is 3.30. The molecule has 0 aliphatic rings. The van der Waals surface area contributed by atoms with Crippen LogP contribution in [0.3, 0.4) is 0 Å². The lowest BCUT2D eigenvalue weighted by atomic mass is 10.0. The van der Waals surface area contributed by atoms with Gasteiger partial charge in [0.15, 0.2) is 11.5 Å². The molecule has 3 aromatic carbocycles. The molecule has 0 bridgehead atoms. The zero-order chi connectivity index (χ0) is 26.3. The van der Waals surface area contributed by atoms with E-state index in [0.29, 0.717) is 21.7 Å². The molecular formula is C26H21ClN2O6S. The van der Waals surface area contributed by atoms with E-state index in [1.807, 2.05) is 0 Å². The maximum atomic E-state index is 12.9. The summed E-state index contributed by atoms with van der Waals surface area (Å²) in [4.78, 5) is 10.3. The minimum Gasteiger partial charge on any atom is -0.490 e. The van der Waals surface area contributed by atoms with Gasteiger partial charge in [0.05, 0.1) is 23.2 Å². The van der Waals surface area contributed by atoms with Gasteiger partial charge in [0.1, 0.15) is 4.90 Å². The summed E-state index contributed by atoms with van der Waals surface area (Å²) in [5.74, 6) is 0.180. The fraction of sp³-hybridized carbons (Fsp3) is 0.115. The summed E-state index contributed by atoms with van der Waals surface area (Å²) in [7, 11) is -4.20. The number of benzene rings is 3. The molecule has 184 valence electrons. The Morgan fingerprint density at radius 2 is 1.83 bits per heavy atom. The molecule has 8 nitrogen and oxygen atoms in total. The van der Waals surface area contributed by atoms with E-state index < -0.39 is 15.0 Å². The van der Waals surface area contributed by atoms with Crippen molar-refractivity contribution >= 4 is 39.1 Å². The molecule has 0 amide bonds. The highest BCUT2D eigenvalue weighted by molar-refractivity contribution is 7.87. The van der Waals surface area contributed by atoms with Gasteiger partial charge >= 0.3 is 10.1 Å². The second-order valence-electron chi connectivity index (χ2n) is 7.40. The van der Waals surface area contributed by atoms with Gasteiger partial charge < -0.3 is 8.92 Å². The number of hydrogen-bond donors (Lipinski definition) is 0. The number of non-ortho nitro benzene ring substituents is 1.